The van der Waals surface area contributed by atoms with Gasteiger partial charge in [-0.1, -0.05) is 0 Å². The van der Waals surface area contributed by atoms with E-state index in [1.165, 1.54) is 0 Å². The number of methoxy groups -OCH3 is 2. The fourth-order valence-corrected chi connectivity index (χ4v) is 2.61. The van der Waals surface area contributed by atoms with Gasteiger partial charge in [-0.15, -0.1) is 24.0 Å². The topological polar surface area (TPSA) is 54.9 Å². The molecule has 0 heterocycles. The molecule has 0 spiro atoms. The first-order chi connectivity index (χ1) is 13.0. The molecule has 0 aliphatic heterocycles. The van der Waals surface area contributed by atoms with Crippen LogP contribution in [-0.2, 0) is 6.54 Å². The Hall–Kier alpha value is -2.10. The van der Waals surface area contributed by atoms with Gasteiger partial charge in [0.1, 0.15) is 23.1 Å². The Kier molecular flexibility index (Phi) is 9.98. The lowest BCUT2D eigenvalue weighted by atomic mass is 10.1. The van der Waals surface area contributed by atoms with Crippen molar-refractivity contribution >= 4 is 29.9 Å². The molecule has 2 aromatic carbocycles. The molecule has 28 heavy (non-hydrogen) atoms. The Morgan fingerprint density at radius 1 is 1.11 bits per heavy atom. The Labute approximate surface area is 181 Å². The predicted octanol–water partition coefficient (Wildman–Crippen LogP) is 4.42. The SMILES string of the molecule is CCNC(=NCc1cc(F)ccc1F)NC(C)c1cc(OC)ccc1OC.I. The summed E-state index contributed by atoms with van der Waals surface area (Å²) >= 11 is 0. The number of nitrogens with one attached hydrogen (secondary N) is 2. The highest BCUT2D eigenvalue weighted by molar-refractivity contribution is 14.0. The summed E-state index contributed by atoms with van der Waals surface area (Å²) in [5.74, 6) is 0.928. The largest absolute Gasteiger partial charge is 0.497 e. The summed E-state index contributed by atoms with van der Waals surface area (Å²) in [5, 5.41) is 6.36. The lowest BCUT2D eigenvalue weighted by molar-refractivity contribution is 0.394. The van der Waals surface area contributed by atoms with Gasteiger partial charge in [-0.05, 0) is 50.2 Å². The Balaban J connectivity index is 0.00000392. The van der Waals surface area contributed by atoms with Crippen molar-refractivity contribution in [2.75, 3.05) is 20.8 Å². The number of nitrogens with zero attached hydrogens (tertiary/aromatic N) is 1. The van der Waals surface area contributed by atoms with Crippen molar-refractivity contribution in [1.82, 2.24) is 10.6 Å². The van der Waals surface area contributed by atoms with Crippen LogP contribution in [0.1, 0.15) is 31.0 Å². The molecular formula is C20H26F2IN3O2. The molecule has 2 aromatic rings. The van der Waals surface area contributed by atoms with E-state index in [9.17, 15) is 8.78 Å². The maximum Gasteiger partial charge on any atom is 0.192 e. The van der Waals surface area contributed by atoms with Gasteiger partial charge < -0.3 is 20.1 Å². The van der Waals surface area contributed by atoms with E-state index in [1.807, 2.05) is 32.0 Å². The third kappa shape index (κ3) is 6.50. The molecule has 0 aliphatic rings. The van der Waals surface area contributed by atoms with Crippen LogP contribution in [0.2, 0.25) is 0 Å². The van der Waals surface area contributed by atoms with Crippen molar-refractivity contribution in [3.8, 4) is 11.5 Å². The van der Waals surface area contributed by atoms with Gasteiger partial charge in [0.15, 0.2) is 5.96 Å². The van der Waals surface area contributed by atoms with E-state index >= 15 is 0 Å². The minimum Gasteiger partial charge on any atom is -0.497 e. The van der Waals surface area contributed by atoms with E-state index < -0.39 is 11.6 Å². The third-order valence-corrected chi connectivity index (χ3v) is 4.02. The fourth-order valence-electron chi connectivity index (χ4n) is 2.61. The molecule has 0 aromatic heterocycles. The van der Waals surface area contributed by atoms with E-state index in [0.717, 1.165) is 23.8 Å². The minimum absolute atomic E-state index is 0. The standard InChI is InChI=1S/C20H25F2N3O2.HI/c1-5-23-20(24-12-14-10-15(21)6-8-18(14)22)25-13(2)17-11-16(26-3)7-9-19(17)27-4;/h6-11,13H,5,12H2,1-4H3,(H2,23,24,25);1H. The number of hydrogen-bond acceptors (Lipinski definition) is 3. The van der Waals surface area contributed by atoms with Gasteiger partial charge in [-0.2, -0.15) is 0 Å². The number of hydrogen-bond donors (Lipinski definition) is 2. The first-order valence-corrected chi connectivity index (χ1v) is 8.69. The summed E-state index contributed by atoms with van der Waals surface area (Å²) in [6.07, 6.45) is 0. The van der Waals surface area contributed by atoms with Crippen LogP contribution in [0.15, 0.2) is 41.4 Å². The summed E-state index contributed by atoms with van der Waals surface area (Å²) in [6.45, 7) is 4.52. The average molecular weight is 505 g/mol. The van der Waals surface area contributed by atoms with Crippen molar-refractivity contribution in [3.63, 3.8) is 0 Å². The molecule has 1 atom stereocenters. The average Bonchev–Trinajstić information content (AvgIpc) is 2.68. The summed E-state index contributed by atoms with van der Waals surface area (Å²) in [4.78, 5) is 4.36. The smallest absolute Gasteiger partial charge is 0.192 e. The van der Waals surface area contributed by atoms with Crippen LogP contribution in [-0.4, -0.2) is 26.7 Å². The first kappa shape index (κ1) is 23.9. The van der Waals surface area contributed by atoms with E-state index in [2.05, 4.69) is 15.6 Å². The zero-order valence-electron chi connectivity index (χ0n) is 16.4. The molecule has 5 nitrogen and oxygen atoms in total. The number of guanidine groups is 1. The Morgan fingerprint density at radius 2 is 1.86 bits per heavy atom. The maximum atomic E-state index is 13.8. The van der Waals surface area contributed by atoms with Gasteiger partial charge in [-0.3, -0.25) is 0 Å². The molecule has 0 saturated carbocycles. The molecule has 0 amide bonds. The van der Waals surface area contributed by atoms with E-state index in [4.69, 9.17) is 9.47 Å². The second-order valence-electron chi connectivity index (χ2n) is 5.90. The molecule has 1 unspecified atom stereocenters. The quantitative estimate of drug-likeness (QED) is 0.333. The van der Waals surface area contributed by atoms with Crippen LogP contribution in [0.25, 0.3) is 0 Å². The highest BCUT2D eigenvalue weighted by Crippen LogP contribution is 2.29. The maximum absolute atomic E-state index is 13.8. The van der Waals surface area contributed by atoms with Gasteiger partial charge in [0, 0.05) is 17.7 Å². The van der Waals surface area contributed by atoms with Crippen LogP contribution in [0.4, 0.5) is 8.78 Å². The Bertz CT molecular complexity index is 803. The fraction of sp³-hybridized carbons (Fsp3) is 0.350. The van der Waals surface area contributed by atoms with Crippen LogP contribution in [0, 0.1) is 11.6 Å². The van der Waals surface area contributed by atoms with E-state index in [0.29, 0.717) is 24.0 Å². The number of halogens is 3. The third-order valence-electron chi connectivity index (χ3n) is 4.02. The van der Waals surface area contributed by atoms with Crippen molar-refractivity contribution in [3.05, 3.63) is 59.2 Å². The Morgan fingerprint density at radius 3 is 2.50 bits per heavy atom. The van der Waals surface area contributed by atoms with Crippen LogP contribution in [0.5, 0.6) is 11.5 Å². The number of aliphatic imine (C=N–C) groups is 1. The molecule has 154 valence electrons. The molecule has 0 fully saturated rings. The van der Waals surface area contributed by atoms with Gasteiger partial charge >= 0.3 is 0 Å². The van der Waals surface area contributed by atoms with E-state index in [-0.39, 0.29) is 42.1 Å². The number of benzene rings is 2. The van der Waals surface area contributed by atoms with Crippen molar-refractivity contribution in [2.45, 2.75) is 26.4 Å². The highest BCUT2D eigenvalue weighted by atomic mass is 127. The molecule has 2 N–H and O–H groups in total. The first-order valence-electron chi connectivity index (χ1n) is 8.69. The van der Waals surface area contributed by atoms with Crippen molar-refractivity contribution < 1.29 is 18.3 Å². The van der Waals surface area contributed by atoms with Gasteiger partial charge in [0.2, 0.25) is 0 Å². The predicted molar refractivity (Wildman–Crippen MR) is 118 cm³/mol. The summed E-state index contributed by atoms with van der Waals surface area (Å²) in [6, 6.07) is 8.71. The monoisotopic (exact) mass is 505 g/mol. The summed E-state index contributed by atoms with van der Waals surface area (Å²) in [5.41, 5.74) is 1.08. The van der Waals surface area contributed by atoms with Crippen LogP contribution >= 0.6 is 24.0 Å². The second-order valence-corrected chi connectivity index (χ2v) is 5.90. The summed E-state index contributed by atoms with van der Waals surface area (Å²) in [7, 11) is 3.20. The van der Waals surface area contributed by atoms with Gasteiger partial charge in [0.25, 0.3) is 0 Å². The lowest BCUT2D eigenvalue weighted by Gasteiger charge is -2.21. The molecule has 8 heteroatoms. The summed E-state index contributed by atoms with van der Waals surface area (Å²) < 4.78 is 37.8. The van der Waals surface area contributed by atoms with Crippen LogP contribution in [0.3, 0.4) is 0 Å². The zero-order chi connectivity index (χ0) is 19.8. The van der Waals surface area contributed by atoms with Crippen molar-refractivity contribution in [1.29, 1.82) is 0 Å². The van der Waals surface area contributed by atoms with Gasteiger partial charge in [0.05, 0.1) is 26.8 Å². The van der Waals surface area contributed by atoms with Gasteiger partial charge in [-0.25, -0.2) is 13.8 Å². The molecular weight excluding hydrogens is 479 g/mol. The number of rotatable bonds is 7. The highest BCUT2D eigenvalue weighted by Gasteiger charge is 2.14. The zero-order valence-corrected chi connectivity index (χ0v) is 18.7. The second kappa shape index (κ2) is 11.7. The van der Waals surface area contributed by atoms with Crippen LogP contribution < -0.4 is 20.1 Å². The molecule has 0 saturated heterocycles. The lowest BCUT2D eigenvalue weighted by Crippen LogP contribution is -2.38. The minimum atomic E-state index is -0.492. The molecule has 0 aliphatic carbocycles. The van der Waals surface area contributed by atoms with E-state index in [1.54, 1.807) is 14.2 Å². The molecule has 2 rings (SSSR count). The molecule has 0 bridgehead atoms. The normalized spacial score (nSPS) is 12.0. The van der Waals surface area contributed by atoms with Crippen molar-refractivity contribution in [2.24, 2.45) is 4.99 Å². The number of ether oxygens (including phenoxy) is 2. The molecule has 0 radical (unpaired) electrons.